The second kappa shape index (κ2) is 11.1. The highest BCUT2D eigenvalue weighted by Crippen LogP contribution is 2.28. The highest BCUT2D eigenvalue weighted by Gasteiger charge is 2.27. The number of hydrogen-bond donors (Lipinski definition) is 0. The van der Waals surface area contributed by atoms with Crippen molar-refractivity contribution in [3.63, 3.8) is 0 Å². The van der Waals surface area contributed by atoms with Crippen LogP contribution in [0.4, 0.5) is 23.2 Å². The van der Waals surface area contributed by atoms with Crippen LogP contribution in [-0.2, 0) is 16.6 Å². The highest BCUT2D eigenvalue weighted by molar-refractivity contribution is 7.92. The van der Waals surface area contributed by atoms with Crippen molar-refractivity contribution in [2.75, 3.05) is 29.7 Å². The van der Waals surface area contributed by atoms with Gasteiger partial charge in [-0.3, -0.25) is 9.29 Å². The number of pyridine rings is 1. The maximum Gasteiger partial charge on any atom is 0.314 e. The molecule has 194 valence electrons. The van der Waals surface area contributed by atoms with Gasteiger partial charge in [0.05, 0.1) is 34.3 Å². The van der Waals surface area contributed by atoms with Gasteiger partial charge in [-0.1, -0.05) is 11.6 Å². The molecule has 1 fully saturated rings. The predicted octanol–water partition coefficient (Wildman–Crippen LogP) is 4.63. The number of anilines is 1. The van der Waals surface area contributed by atoms with E-state index >= 15 is 0 Å². The van der Waals surface area contributed by atoms with Crippen molar-refractivity contribution in [3.05, 3.63) is 59.0 Å². The Morgan fingerprint density at radius 2 is 1.92 bits per heavy atom. The lowest BCUT2D eigenvalue weighted by molar-refractivity contribution is 0.116. The normalized spacial score (nSPS) is 15.5. The molecule has 3 heterocycles. The standard InChI is InChI=1S/C22H22ClF4N5O3S/c23-18-11-17(3-4-19(18)25)32(36(33,34)10-9-31-7-5-15(24)6-8-31)13-16-2-1-14(12-28-16)21-29-30-22(35-21)20(26)27/h1-4,11-12,15,20H,5-10,13H2. The van der Waals surface area contributed by atoms with Gasteiger partial charge in [0.25, 0.3) is 5.89 Å². The van der Waals surface area contributed by atoms with E-state index in [-0.39, 0.29) is 41.0 Å². The third-order valence-electron chi connectivity index (χ3n) is 5.71. The van der Waals surface area contributed by atoms with Crippen molar-refractivity contribution in [1.82, 2.24) is 20.1 Å². The molecule has 0 spiro atoms. The number of sulfonamides is 1. The SMILES string of the molecule is O=S(=O)(CCN1CCC(F)CC1)N(Cc1ccc(-c2nnc(C(F)F)o2)cn1)c1ccc(F)c(Cl)c1. The minimum atomic E-state index is -3.93. The van der Waals surface area contributed by atoms with E-state index in [9.17, 15) is 26.0 Å². The summed E-state index contributed by atoms with van der Waals surface area (Å²) in [5, 5.41) is 6.58. The minimum absolute atomic E-state index is 0.146. The molecule has 4 rings (SSSR count). The van der Waals surface area contributed by atoms with Gasteiger partial charge in [-0.05, 0) is 43.2 Å². The van der Waals surface area contributed by atoms with E-state index in [4.69, 9.17) is 16.0 Å². The molecule has 0 N–H and O–H groups in total. The molecule has 1 aliphatic heterocycles. The fraction of sp³-hybridized carbons (Fsp3) is 0.409. The van der Waals surface area contributed by atoms with E-state index in [1.165, 1.54) is 30.5 Å². The van der Waals surface area contributed by atoms with Crippen molar-refractivity contribution in [2.24, 2.45) is 0 Å². The van der Waals surface area contributed by atoms with Crippen LogP contribution in [0.3, 0.4) is 0 Å². The quantitative estimate of drug-likeness (QED) is 0.361. The first-order chi connectivity index (χ1) is 17.1. The predicted molar refractivity (Wildman–Crippen MR) is 124 cm³/mol. The van der Waals surface area contributed by atoms with Crippen LogP contribution >= 0.6 is 11.6 Å². The van der Waals surface area contributed by atoms with Crippen LogP contribution < -0.4 is 4.31 Å². The number of rotatable bonds is 9. The summed E-state index contributed by atoms with van der Waals surface area (Å²) >= 11 is 5.90. The summed E-state index contributed by atoms with van der Waals surface area (Å²) in [6.07, 6.45) is -1.79. The minimum Gasteiger partial charge on any atom is -0.415 e. The first-order valence-electron chi connectivity index (χ1n) is 11.0. The van der Waals surface area contributed by atoms with Gasteiger partial charge in [0.1, 0.15) is 12.0 Å². The molecule has 0 aliphatic carbocycles. The van der Waals surface area contributed by atoms with Crippen molar-refractivity contribution in [3.8, 4) is 11.5 Å². The van der Waals surface area contributed by atoms with Crippen LogP contribution in [-0.4, -0.2) is 60.1 Å². The van der Waals surface area contributed by atoms with Crippen LogP contribution in [0.2, 0.25) is 5.02 Å². The molecule has 1 aliphatic rings. The Hall–Kier alpha value is -2.77. The third kappa shape index (κ3) is 6.31. The lowest BCUT2D eigenvalue weighted by Crippen LogP contribution is -2.41. The summed E-state index contributed by atoms with van der Waals surface area (Å²) in [6, 6.07) is 6.54. The fourth-order valence-electron chi connectivity index (χ4n) is 3.70. The van der Waals surface area contributed by atoms with E-state index in [2.05, 4.69) is 15.2 Å². The summed E-state index contributed by atoms with van der Waals surface area (Å²) in [6.45, 7) is 0.926. The number of piperidine rings is 1. The van der Waals surface area contributed by atoms with Gasteiger partial charge in [-0.25, -0.2) is 17.2 Å². The molecule has 0 unspecified atom stereocenters. The summed E-state index contributed by atoms with van der Waals surface area (Å²) in [7, 11) is -3.93. The molecule has 8 nitrogen and oxygen atoms in total. The Bertz CT molecular complexity index is 1290. The second-order valence-electron chi connectivity index (χ2n) is 8.22. The Morgan fingerprint density at radius 3 is 2.53 bits per heavy atom. The van der Waals surface area contributed by atoms with Gasteiger partial charge in [-0.15, -0.1) is 10.2 Å². The number of halogens is 5. The molecule has 36 heavy (non-hydrogen) atoms. The van der Waals surface area contributed by atoms with E-state index in [0.717, 1.165) is 10.4 Å². The number of hydrogen-bond acceptors (Lipinski definition) is 7. The monoisotopic (exact) mass is 547 g/mol. The molecule has 1 aromatic carbocycles. The molecule has 0 radical (unpaired) electrons. The van der Waals surface area contributed by atoms with Gasteiger partial charge in [0, 0.05) is 25.8 Å². The second-order valence-corrected chi connectivity index (χ2v) is 10.6. The van der Waals surface area contributed by atoms with E-state index in [1.807, 2.05) is 4.90 Å². The van der Waals surface area contributed by atoms with Crippen molar-refractivity contribution >= 4 is 27.3 Å². The zero-order chi connectivity index (χ0) is 25.9. The van der Waals surface area contributed by atoms with Gasteiger partial charge in [-0.2, -0.15) is 8.78 Å². The Balaban J connectivity index is 1.55. The molecule has 0 amide bonds. The summed E-state index contributed by atoms with van der Waals surface area (Å²) in [5.41, 5.74) is 0.733. The summed E-state index contributed by atoms with van der Waals surface area (Å²) in [4.78, 5) is 6.09. The summed E-state index contributed by atoms with van der Waals surface area (Å²) in [5.74, 6) is -1.93. The summed E-state index contributed by atoms with van der Waals surface area (Å²) < 4.78 is 85.2. The smallest absolute Gasteiger partial charge is 0.314 e. The largest absolute Gasteiger partial charge is 0.415 e. The Labute approximate surface area is 209 Å². The number of nitrogens with zero attached hydrogens (tertiary/aromatic N) is 5. The first-order valence-corrected chi connectivity index (χ1v) is 13.0. The molecule has 1 saturated heterocycles. The lowest BCUT2D eigenvalue weighted by Gasteiger charge is -2.30. The lowest BCUT2D eigenvalue weighted by atomic mass is 10.1. The Morgan fingerprint density at radius 1 is 1.17 bits per heavy atom. The van der Waals surface area contributed by atoms with Crippen LogP contribution in [0, 0.1) is 5.82 Å². The third-order valence-corrected chi connectivity index (χ3v) is 7.71. The van der Waals surface area contributed by atoms with Crippen molar-refractivity contribution < 1.29 is 30.4 Å². The molecule has 0 atom stereocenters. The molecular formula is C22H22ClF4N5O3S. The van der Waals surface area contributed by atoms with Crippen molar-refractivity contribution in [2.45, 2.75) is 32.0 Å². The molecule has 2 aromatic heterocycles. The average Bonchev–Trinajstić information content (AvgIpc) is 3.35. The molecule has 0 saturated carbocycles. The van der Waals surface area contributed by atoms with Crippen LogP contribution in [0.5, 0.6) is 0 Å². The molecule has 3 aromatic rings. The zero-order valence-corrected chi connectivity index (χ0v) is 20.4. The fourth-order valence-corrected chi connectivity index (χ4v) is 5.35. The van der Waals surface area contributed by atoms with Gasteiger partial charge >= 0.3 is 6.43 Å². The zero-order valence-electron chi connectivity index (χ0n) is 18.8. The molecular weight excluding hydrogens is 526 g/mol. The molecule has 0 bridgehead atoms. The van der Waals surface area contributed by atoms with E-state index < -0.39 is 34.3 Å². The maximum absolute atomic E-state index is 13.7. The Kier molecular flexibility index (Phi) is 8.10. The number of benzene rings is 1. The number of alkyl halides is 3. The van der Waals surface area contributed by atoms with E-state index in [1.54, 1.807) is 0 Å². The number of likely N-dealkylation sites (tertiary alicyclic amines) is 1. The van der Waals surface area contributed by atoms with Gasteiger partial charge in [0.2, 0.25) is 15.9 Å². The molecule has 14 heteroatoms. The first kappa shape index (κ1) is 26.3. The topological polar surface area (TPSA) is 92.4 Å². The maximum atomic E-state index is 13.7. The number of aromatic nitrogens is 3. The van der Waals surface area contributed by atoms with Crippen molar-refractivity contribution in [1.29, 1.82) is 0 Å². The van der Waals surface area contributed by atoms with Gasteiger partial charge in [0.15, 0.2) is 0 Å². The highest BCUT2D eigenvalue weighted by atomic mass is 35.5. The average molecular weight is 548 g/mol. The van der Waals surface area contributed by atoms with Crippen LogP contribution in [0.15, 0.2) is 40.9 Å². The van der Waals surface area contributed by atoms with E-state index in [0.29, 0.717) is 31.6 Å². The van der Waals surface area contributed by atoms with Gasteiger partial charge < -0.3 is 9.32 Å². The van der Waals surface area contributed by atoms with Crippen LogP contribution in [0.25, 0.3) is 11.5 Å². The van der Waals surface area contributed by atoms with Crippen LogP contribution in [0.1, 0.15) is 30.9 Å².